The summed E-state index contributed by atoms with van der Waals surface area (Å²) in [7, 11) is 0. The maximum atomic E-state index is 11.5. The van der Waals surface area contributed by atoms with Gasteiger partial charge in [-0.1, -0.05) is 17.7 Å². The van der Waals surface area contributed by atoms with Crippen molar-refractivity contribution in [3.8, 4) is 11.3 Å². The van der Waals surface area contributed by atoms with Gasteiger partial charge >= 0.3 is 5.97 Å². The number of aromatic carboxylic acids is 1. The van der Waals surface area contributed by atoms with Crippen molar-refractivity contribution in [3.05, 3.63) is 46.4 Å². The highest BCUT2D eigenvalue weighted by Crippen LogP contribution is 2.36. The molecule has 0 saturated heterocycles. The fourth-order valence-corrected chi connectivity index (χ4v) is 2.96. The molecule has 0 saturated carbocycles. The molecule has 1 aliphatic heterocycles. The SMILES string of the molecule is Cc1c(C(=O)O)c2n(c1-c1cccnc1Cl)CCC=C2. The van der Waals surface area contributed by atoms with E-state index in [0.29, 0.717) is 10.7 Å². The number of carboxylic acid groups (broad SMARTS) is 1. The van der Waals surface area contributed by atoms with E-state index in [9.17, 15) is 9.90 Å². The van der Waals surface area contributed by atoms with Gasteiger partial charge in [-0.05, 0) is 37.1 Å². The van der Waals surface area contributed by atoms with E-state index in [4.69, 9.17) is 11.6 Å². The van der Waals surface area contributed by atoms with Gasteiger partial charge in [-0.3, -0.25) is 0 Å². The van der Waals surface area contributed by atoms with Gasteiger partial charge in [0.15, 0.2) is 0 Å². The first kappa shape index (κ1) is 12.9. The van der Waals surface area contributed by atoms with Crippen LogP contribution in [0.25, 0.3) is 17.3 Å². The maximum absolute atomic E-state index is 11.5. The van der Waals surface area contributed by atoms with Crippen LogP contribution in [-0.2, 0) is 6.54 Å². The maximum Gasteiger partial charge on any atom is 0.338 e. The van der Waals surface area contributed by atoms with Crippen molar-refractivity contribution in [1.82, 2.24) is 9.55 Å². The summed E-state index contributed by atoms with van der Waals surface area (Å²) in [6, 6.07) is 3.68. The number of rotatable bonds is 2. The Balaban J connectivity index is 2.35. The van der Waals surface area contributed by atoms with Crippen molar-refractivity contribution in [2.24, 2.45) is 0 Å². The summed E-state index contributed by atoms with van der Waals surface area (Å²) in [6.07, 6.45) is 6.37. The topological polar surface area (TPSA) is 55.1 Å². The van der Waals surface area contributed by atoms with Crippen LogP contribution in [0.4, 0.5) is 0 Å². The Labute approximate surface area is 121 Å². The minimum absolute atomic E-state index is 0.343. The van der Waals surface area contributed by atoms with Gasteiger partial charge in [-0.25, -0.2) is 9.78 Å². The van der Waals surface area contributed by atoms with Crippen LogP contribution in [-0.4, -0.2) is 20.6 Å². The summed E-state index contributed by atoms with van der Waals surface area (Å²) < 4.78 is 2.02. The van der Waals surface area contributed by atoms with E-state index < -0.39 is 5.97 Å². The van der Waals surface area contributed by atoms with Crippen LogP contribution in [0.2, 0.25) is 5.15 Å². The first-order valence-electron chi connectivity index (χ1n) is 6.35. The van der Waals surface area contributed by atoms with E-state index in [2.05, 4.69) is 4.98 Å². The van der Waals surface area contributed by atoms with Gasteiger partial charge in [0.1, 0.15) is 5.15 Å². The van der Waals surface area contributed by atoms with Crippen molar-refractivity contribution in [2.45, 2.75) is 19.9 Å². The average Bonchev–Trinajstić information content (AvgIpc) is 2.71. The predicted molar refractivity (Wildman–Crippen MR) is 78.0 cm³/mol. The van der Waals surface area contributed by atoms with E-state index in [1.165, 1.54) is 0 Å². The molecule has 4 nitrogen and oxygen atoms in total. The largest absolute Gasteiger partial charge is 0.478 e. The minimum Gasteiger partial charge on any atom is -0.478 e. The molecule has 5 heteroatoms. The Kier molecular flexibility index (Phi) is 3.10. The fourth-order valence-electron chi connectivity index (χ4n) is 2.75. The standard InChI is InChI=1S/C15H13ClN2O2/c1-9-12(15(19)20)11-6-2-3-8-18(11)13(9)10-5-4-7-17-14(10)16/h2,4-7H,3,8H2,1H3,(H,19,20). The van der Waals surface area contributed by atoms with Crippen molar-refractivity contribution < 1.29 is 9.90 Å². The molecule has 3 rings (SSSR count). The molecule has 0 fully saturated rings. The summed E-state index contributed by atoms with van der Waals surface area (Å²) in [5, 5.41) is 9.85. The highest BCUT2D eigenvalue weighted by molar-refractivity contribution is 6.32. The van der Waals surface area contributed by atoms with Crippen LogP contribution in [0, 0.1) is 6.92 Å². The average molecular weight is 289 g/mol. The lowest BCUT2D eigenvalue weighted by atomic mass is 10.1. The molecule has 0 bridgehead atoms. The van der Waals surface area contributed by atoms with Gasteiger partial charge in [-0.15, -0.1) is 0 Å². The zero-order valence-electron chi connectivity index (χ0n) is 10.9. The summed E-state index contributed by atoms with van der Waals surface area (Å²) in [4.78, 5) is 15.6. The number of carbonyl (C=O) groups is 1. The predicted octanol–water partition coefficient (Wildman–Crippen LogP) is 3.63. The molecule has 0 spiro atoms. The first-order valence-corrected chi connectivity index (χ1v) is 6.73. The van der Waals surface area contributed by atoms with Crippen LogP contribution in [0.1, 0.15) is 28.0 Å². The summed E-state index contributed by atoms with van der Waals surface area (Å²) in [6.45, 7) is 2.57. The number of hydrogen-bond acceptors (Lipinski definition) is 2. The second-order valence-electron chi connectivity index (χ2n) is 4.72. The second kappa shape index (κ2) is 4.80. The second-order valence-corrected chi connectivity index (χ2v) is 5.08. The van der Waals surface area contributed by atoms with Gasteiger partial charge in [0, 0.05) is 18.3 Å². The number of allylic oxidation sites excluding steroid dienone is 1. The Morgan fingerprint density at radius 2 is 2.30 bits per heavy atom. The molecule has 0 aromatic carbocycles. The van der Waals surface area contributed by atoms with Gasteiger partial charge < -0.3 is 9.67 Å². The van der Waals surface area contributed by atoms with Gasteiger partial charge in [0.05, 0.1) is 17.0 Å². The third kappa shape index (κ3) is 1.84. The highest BCUT2D eigenvalue weighted by atomic mass is 35.5. The quantitative estimate of drug-likeness (QED) is 0.859. The van der Waals surface area contributed by atoms with Crippen molar-refractivity contribution in [3.63, 3.8) is 0 Å². The van der Waals surface area contributed by atoms with E-state index in [-0.39, 0.29) is 0 Å². The molecular formula is C15H13ClN2O2. The lowest BCUT2D eigenvalue weighted by molar-refractivity contribution is 0.0696. The summed E-state index contributed by atoms with van der Waals surface area (Å²) in [5.74, 6) is -0.913. The first-order chi connectivity index (χ1) is 9.61. The molecule has 2 aromatic rings. The monoisotopic (exact) mass is 288 g/mol. The van der Waals surface area contributed by atoms with Crippen molar-refractivity contribution in [2.75, 3.05) is 0 Å². The van der Waals surface area contributed by atoms with Crippen molar-refractivity contribution >= 4 is 23.6 Å². The Morgan fingerprint density at radius 3 is 3.00 bits per heavy atom. The highest BCUT2D eigenvalue weighted by Gasteiger charge is 2.26. The number of nitrogens with zero attached hydrogens (tertiary/aromatic N) is 2. The van der Waals surface area contributed by atoms with Gasteiger partial charge in [0.2, 0.25) is 0 Å². The zero-order chi connectivity index (χ0) is 14.3. The molecule has 3 heterocycles. The summed E-state index contributed by atoms with van der Waals surface area (Å²) in [5.41, 5.74) is 3.43. The minimum atomic E-state index is -0.913. The van der Waals surface area contributed by atoms with Gasteiger partial charge in [0.25, 0.3) is 0 Å². The normalized spacial score (nSPS) is 13.3. The smallest absolute Gasteiger partial charge is 0.338 e. The number of halogens is 1. The molecule has 102 valence electrons. The zero-order valence-corrected chi connectivity index (χ0v) is 11.7. The molecule has 0 amide bonds. The Hall–Kier alpha value is -2.07. The van der Waals surface area contributed by atoms with Crippen LogP contribution in [0.5, 0.6) is 0 Å². The molecule has 0 atom stereocenters. The van der Waals surface area contributed by atoms with Crippen molar-refractivity contribution in [1.29, 1.82) is 0 Å². The fraction of sp³-hybridized carbons (Fsp3) is 0.200. The van der Waals surface area contributed by atoms with Crippen LogP contribution in [0.15, 0.2) is 24.4 Å². The number of hydrogen-bond donors (Lipinski definition) is 1. The van der Waals surface area contributed by atoms with Gasteiger partial charge in [-0.2, -0.15) is 0 Å². The Morgan fingerprint density at radius 1 is 1.50 bits per heavy atom. The molecule has 2 aromatic heterocycles. The molecule has 1 aliphatic rings. The number of fused-ring (bicyclic) bond motifs is 1. The molecule has 0 radical (unpaired) electrons. The van der Waals surface area contributed by atoms with Crippen LogP contribution in [0.3, 0.4) is 0 Å². The molecule has 0 aliphatic carbocycles. The van der Waals surface area contributed by atoms with E-state index in [0.717, 1.165) is 35.5 Å². The summed E-state index contributed by atoms with van der Waals surface area (Å²) >= 11 is 6.17. The lowest BCUT2D eigenvalue weighted by Gasteiger charge is -2.15. The third-order valence-electron chi connectivity index (χ3n) is 3.57. The molecule has 0 unspecified atom stereocenters. The Bertz CT molecular complexity index is 732. The number of carboxylic acids is 1. The molecule has 20 heavy (non-hydrogen) atoms. The number of aromatic nitrogens is 2. The van der Waals surface area contributed by atoms with E-state index in [1.54, 1.807) is 12.3 Å². The van der Waals surface area contributed by atoms with E-state index in [1.807, 2.05) is 29.7 Å². The molecule has 1 N–H and O–H groups in total. The number of pyridine rings is 1. The van der Waals surface area contributed by atoms with Crippen LogP contribution >= 0.6 is 11.6 Å². The molecular weight excluding hydrogens is 276 g/mol. The van der Waals surface area contributed by atoms with Crippen LogP contribution < -0.4 is 0 Å². The third-order valence-corrected chi connectivity index (χ3v) is 3.87. The van der Waals surface area contributed by atoms with E-state index >= 15 is 0 Å². The lowest BCUT2D eigenvalue weighted by Crippen LogP contribution is -2.07.